The molecule has 0 aromatic heterocycles. The Kier molecular flexibility index (Phi) is 5.71. The van der Waals surface area contributed by atoms with Crippen LogP contribution in [0, 0.1) is 5.92 Å². The average Bonchev–Trinajstić information content (AvgIpc) is 2.94. The molecule has 0 saturated carbocycles. The minimum absolute atomic E-state index is 0.0997. The van der Waals surface area contributed by atoms with Gasteiger partial charge in [-0.25, -0.2) is 0 Å². The van der Waals surface area contributed by atoms with Crippen molar-refractivity contribution in [2.75, 3.05) is 34.4 Å². The Morgan fingerprint density at radius 3 is 2.26 bits per heavy atom. The number of likely N-dealkylation sites (tertiary alicyclic amines) is 1. The van der Waals surface area contributed by atoms with Crippen molar-refractivity contribution < 1.29 is 19.0 Å². The fraction of sp³-hybridized carbons (Fsp3) is 0.588. The van der Waals surface area contributed by atoms with E-state index >= 15 is 0 Å². The fourth-order valence-corrected chi connectivity index (χ4v) is 3.17. The lowest BCUT2D eigenvalue weighted by molar-refractivity contribution is -0.131. The maximum Gasteiger partial charge on any atom is 0.227 e. The van der Waals surface area contributed by atoms with Crippen LogP contribution < -0.4 is 19.9 Å². The predicted octanol–water partition coefficient (Wildman–Crippen LogP) is 1.45. The van der Waals surface area contributed by atoms with Crippen LogP contribution in [0.4, 0.5) is 0 Å². The van der Waals surface area contributed by atoms with Crippen molar-refractivity contribution in [3.8, 4) is 17.2 Å². The fourth-order valence-electron chi connectivity index (χ4n) is 3.17. The first-order chi connectivity index (χ1) is 11.0. The first kappa shape index (κ1) is 17.4. The Morgan fingerprint density at radius 1 is 1.22 bits per heavy atom. The number of ether oxygens (including phenoxy) is 3. The molecule has 2 N–H and O–H groups in total. The van der Waals surface area contributed by atoms with Crippen molar-refractivity contribution in [3.05, 3.63) is 17.7 Å². The molecule has 0 aliphatic carbocycles. The first-order valence-corrected chi connectivity index (χ1v) is 7.82. The average molecular weight is 322 g/mol. The van der Waals surface area contributed by atoms with E-state index < -0.39 is 0 Å². The van der Waals surface area contributed by atoms with Gasteiger partial charge in [-0.3, -0.25) is 4.79 Å². The number of nitrogens with two attached hydrogens (primary N) is 1. The monoisotopic (exact) mass is 322 g/mol. The summed E-state index contributed by atoms with van der Waals surface area (Å²) < 4.78 is 16.0. The standard InChI is InChI=1S/C17H26N2O4/c1-11-5-13(9-18)10-19(11)16(20)8-12-6-14(21-2)17(23-4)15(7-12)22-3/h6-7,11,13H,5,8-10,18H2,1-4H3. The Hall–Kier alpha value is -1.95. The molecular weight excluding hydrogens is 296 g/mol. The number of rotatable bonds is 6. The van der Waals surface area contributed by atoms with E-state index in [0.717, 1.165) is 18.5 Å². The number of hydrogen-bond acceptors (Lipinski definition) is 5. The Balaban J connectivity index is 2.18. The molecule has 0 radical (unpaired) electrons. The van der Waals surface area contributed by atoms with E-state index in [9.17, 15) is 4.79 Å². The van der Waals surface area contributed by atoms with Gasteiger partial charge in [-0.1, -0.05) is 0 Å². The summed E-state index contributed by atoms with van der Waals surface area (Å²) in [5.41, 5.74) is 6.57. The van der Waals surface area contributed by atoms with Gasteiger partial charge in [0.25, 0.3) is 0 Å². The SMILES string of the molecule is COc1cc(CC(=O)N2CC(CN)CC2C)cc(OC)c1OC. The van der Waals surface area contributed by atoms with Crippen molar-refractivity contribution in [2.24, 2.45) is 11.7 Å². The van der Waals surface area contributed by atoms with Gasteiger partial charge in [-0.15, -0.1) is 0 Å². The maximum atomic E-state index is 12.6. The molecule has 1 aliphatic rings. The van der Waals surface area contributed by atoms with E-state index in [1.54, 1.807) is 21.3 Å². The molecule has 1 amide bonds. The number of nitrogens with zero attached hydrogens (tertiary/aromatic N) is 1. The third-order valence-electron chi connectivity index (χ3n) is 4.39. The van der Waals surface area contributed by atoms with Crippen LogP contribution >= 0.6 is 0 Å². The van der Waals surface area contributed by atoms with E-state index in [0.29, 0.717) is 36.1 Å². The molecule has 1 fully saturated rings. The van der Waals surface area contributed by atoms with Crippen LogP contribution in [0.1, 0.15) is 18.9 Å². The van der Waals surface area contributed by atoms with Gasteiger partial charge in [-0.05, 0) is 43.5 Å². The predicted molar refractivity (Wildman–Crippen MR) is 88.1 cm³/mol. The van der Waals surface area contributed by atoms with E-state index in [2.05, 4.69) is 6.92 Å². The van der Waals surface area contributed by atoms with Crippen LogP contribution in [-0.4, -0.2) is 51.3 Å². The van der Waals surface area contributed by atoms with Crippen LogP contribution in [0.2, 0.25) is 0 Å². The molecule has 1 saturated heterocycles. The topological polar surface area (TPSA) is 74.0 Å². The zero-order valence-corrected chi connectivity index (χ0v) is 14.3. The third kappa shape index (κ3) is 3.69. The highest BCUT2D eigenvalue weighted by Gasteiger charge is 2.31. The molecule has 1 aromatic carbocycles. The van der Waals surface area contributed by atoms with Gasteiger partial charge in [0, 0.05) is 12.6 Å². The summed E-state index contributed by atoms with van der Waals surface area (Å²) >= 11 is 0. The quantitative estimate of drug-likeness (QED) is 0.858. The second kappa shape index (κ2) is 7.55. The molecule has 2 unspecified atom stereocenters. The van der Waals surface area contributed by atoms with Crippen LogP contribution in [0.5, 0.6) is 17.2 Å². The minimum atomic E-state index is 0.0997. The molecule has 2 rings (SSSR count). The van der Waals surface area contributed by atoms with Crippen molar-refractivity contribution >= 4 is 5.91 Å². The van der Waals surface area contributed by atoms with Gasteiger partial charge >= 0.3 is 0 Å². The highest BCUT2D eigenvalue weighted by molar-refractivity contribution is 5.80. The van der Waals surface area contributed by atoms with Crippen LogP contribution in [0.15, 0.2) is 12.1 Å². The summed E-state index contributed by atoms with van der Waals surface area (Å²) in [6, 6.07) is 3.87. The van der Waals surface area contributed by atoms with Gasteiger partial charge in [0.05, 0.1) is 27.8 Å². The molecule has 128 valence electrons. The van der Waals surface area contributed by atoms with E-state index in [-0.39, 0.29) is 11.9 Å². The van der Waals surface area contributed by atoms with E-state index in [1.165, 1.54) is 0 Å². The number of methoxy groups -OCH3 is 3. The smallest absolute Gasteiger partial charge is 0.227 e. The molecule has 0 spiro atoms. The lowest BCUT2D eigenvalue weighted by atomic mass is 10.1. The van der Waals surface area contributed by atoms with Gasteiger partial charge in [0.15, 0.2) is 11.5 Å². The van der Waals surface area contributed by atoms with Gasteiger partial charge < -0.3 is 24.8 Å². The lowest BCUT2D eigenvalue weighted by Crippen LogP contribution is -2.35. The zero-order chi connectivity index (χ0) is 17.0. The number of hydrogen-bond donors (Lipinski definition) is 1. The molecule has 1 aromatic rings. The molecule has 23 heavy (non-hydrogen) atoms. The number of carbonyl (C=O) groups is 1. The number of benzene rings is 1. The highest BCUT2D eigenvalue weighted by Crippen LogP contribution is 2.38. The normalized spacial score (nSPS) is 20.5. The van der Waals surface area contributed by atoms with Crippen LogP contribution in [-0.2, 0) is 11.2 Å². The summed E-state index contributed by atoms with van der Waals surface area (Å²) in [4.78, 5) is 14.5. The summed E-state index contributed by atoms with van der Waals surface area (Å²) in [6.07, 6.45) is 1.27. The molecule has 6 nitrogen and oxygen atoms in total. The molecule has 1 heterocycles. The van der Waals surface area contributed by atoms with Gasteiger partial charge in [0.1, 0.15) is 0 Å². The van der Waals surface area contributed by atoms with Crippen molar-refractivity contribution in [3.63, 3.8) is 0 Å². The number of amides is 1. The van der Waals surface area contributed by atoms with Crippen molar-refractivity contribution in [1.29, 1.82) is 0 Å². The second-order valence-electron chi connectivity index (χ2n) is 5.94. The van der Waals surface area contributed by atoms with Crippen LogP contribution in [0.25, 0.3) is 0 Å². The van der Waals surface area contributed by atoms with Crippen molar-refractivity contribution in [2.45, 2.75) is 25.8 Å². The summed E-state index contributed by atoms with van der Waals surface area (Å²) in [5, 5.41) is 0. The Labute approximate surface area is 137 Å². The Bertz CT molecular complexity index is 537. The summed E-state index contributed by atoms with van der Waals surface area (Å²) in [5.74, 6) is 2.15. The van der Waals surface area contributed by atoms with Gasteiger partial charge in [-0.2, -0.15) is 0 Å². The Morgan fingerprint density at radius 2 is 1.83 bits per heavy atom. The molecule has 6 heteroatoms. The first-order valence-electron chi connectivity index (χ1n) is 7.82. The molecule has 0 bridgehead atoms. The van der Waals surface area contributed by atoms with E-state index in [1.807, 2.05) is 17.0 Å². The maximum absolute atomic E-state index is 12.6. The molecule has 2 atom stereocenters. The van der Waals surface area contributed by atoms with E-state index in [4.69, 9.17) is 19.9 Å². The summed E-state index contributed by atoms with van der Waals surface area (Å²) in [7, 11) is 4.69. The second-order valence-corrected chi connectivity index (χ2v) is 5.94. The molecular formula is C17H26N2O4. The number of carbonyl (C=O) groups excluding carboxylic acids is 1. The summed E-state index contributed by atoms with van der Waals surface area (Å²) in [6.45, 7) is 3.43. The zero-order valence-electron chi connectivity index (χ0n) is 14.3. The minimum Gasteiger partial charge on any atom is -0.493 e. The molecule has 1 aliphatic heterocycles. The largest absolute Gasteiger partial charge is 0.493 e. The highest BCUT2D eigenvalue weighted by atomic mass is 16.5. The van der Waals surface area contributed by atoms with Gasteiger partial charge in [0.2, 0.25) is 11.7 Å². The third-order valence-corrected chi connectivity index (χ3v) is 4.39. The van der Waals surface area contributed by atoms with Crippen molar-refractivity contribution in [1.82, 2.24) is 4.90 Å². The lowest BCUT2D eigenvalue weighted by Gasteiger charge is -2.22. The van der Waals surface area contributed by atoms with Crippen LogP contribution in [0.3, 0.4) is 0 Å².